The Kier molecular flexibility index (Phi) is 3.50. The van der Waals surface area contributed by atoms with Crippen LogP contribution in [0.25, 0.3) is 0 Å². The molecule has 3 aliphatic rings. The lowest BCUT2D eigenvalue weighted by molar-refractivity contribution is -0.106. The number of aromatic nitrogens is 2. The number of hydrogen-bond donors (Lipinski definition) is 0. The second-order valence-corrected chi connectivity index (χ2v) is 8.37. The van der Waals surface area contributed by atoms with Crippen LogP contribution in [-0.2, 0) is 11.8 Å². The van der Waals surface area contributed by atoms with Crippen molar-refractivity contribution in [3.63, 3.8) is 0 Å². The molecule has 0 saturated heterocycles. The molecule has 2 heterocycles. The molecular formula is C19H23F2N3O2. The molecule has 2 saturated carbocycles. The molecule has 1 aromatic rings. The van der Waals surface area contributed by atoms with Gasteiger partial charge in [0.15, 0.2) is 0 Å². The van der Waals surface area contributed by atoms with E-state index in [1.165, 1.54) is 17.9 Å². The zero-order valence-electron chi connectivity index (χ0n) is 15.4. The molecule has 0 amide bonds. The molecule has 0 N–H and O–H groups in total. The zero-order chi connectivity index (χ0) is 18.9. The van der Waals surface area contributed by atoms with Gasteiger partial charge in [-0.2, -0.15) is 5.10 Å². The monoisotopic (exact) mass is 363 g/mol. The van der Waals surface area contributed by atoms with Crippen molar-refractivity contribution in [1.29, 1.82) is 0 Å². The average Bonchev–Trinajstić information content (AvgIpc) is 3.11. The number of dihydropyridines is 1. The second kappa shape index (κ2) is 5.24. The Labute approximate surface area is 151 Å². The number of esters is 1. The fourth-order valence-electron chi connectivity index (χ4n) is 5.72. The summed E-state index contributed by atoms with van der Waals surface area (Å²) in [5.41, 5.74) is -2.22. The molecule has 26 heavy (non-hydrogen) atoms. The number of carbonyl (C=O) groups is 1. The number of allylic oxidation sites excluding steroid dienone is 1. The van der Waals surface area contributed by atoms with E-state index in [0.29, 0.717) is 6.42 Å². The summed E-state index contributed by atoms with van der Waals surface area (Å²) in [4.78, 5) is 17.6. The van der Waals surface area contributed by atoms with Crippen LogP contribution in [0.1, 0.15) is 56.1 Å². The van der Waals surface area contributed by atoms with Crippen LogP contribution in [0.15, 0.2) is 23.3 Å². The van der Waals surface area contributed by atoms with Crippen LogP contribution in [-0.4, -0.2) is 33.6 Å². The minimum Gasteiger partial charge on any atom is -0.454 e. The molecule has 0 aromatic carbocycles. The molecule has 2 fully saturated rings. The van der Waals surface area contributed by atoms with Gasteiger partial charge in [-0.1, -0.05) is 26.8 Å². The third-order valence-electron chi connectivity index (χ3n) is 6.97. The van der Waals surface area contributed by atoms with E-state index in [9.17, 15) is 13.6 Å². The van der Waals surface area contributed by atoms with Gasteiger partial charge in [-0.05, 0) is 24.8 Å². The number of aliphatic imine (C=N–C) groups is 1. The smallest absolute Gasteiger partial charge is 0.342 e. The molecule has 2 bridgehead atoms. The molecule has 1 aliphatic heterocycles. The fraction of sp³-hybridized carbons (Fsp3) is 0.632. The second-order valence-electron chi connectivity index (χ2n) is 8.37. The molecule has 4 unspecified atom stereocenters. The van der Waals surface area contributed by atoms with Crippen molar-refractivity contribution in [1.82, 2.24) is 9.78 Å². The molecule has 0 spiro atoms. The van der Waals surface area contributed by atoms with E-state index < -0.39 is 29.1 Å². The van der Waals surface area contributed by atoms with Crippen LogP contribution < -0.4 is 0 Å². The SMILES string of the molecule is Cn1cc(C(=O)OC23CCC(C4N=CC=CC42C)C3(C)C)c(C(F)F)n1. The Balaban J connectivity index is 1.76. The number of aryl methyl sites for hydroxylation is 1. The molecule has 7 heteroatoms. The minimum absolute atomic E-state index is 0.0347. The van der Waals surface area contributed by atoms with E-state index in [-0.39, 0.29) is 22.9 Å². The van der Waals surface area contributed by atoms with Crippen LogP contribution in [0.2, 0.25) is 0 Å². The zero-order valence-corrected chi connectivity index (χ0v) is 15.4. The first-order valence-electron chi connectivity index (χ1n) is 8.90. The van der Waals surface area contributed by atoms with Crippen molar-refractivity contribution >= 4 is 12.2 Å². The number of nitrogens with zero attached hydrogens (tertiary/aromatic N) is 3. The topological polar surface area (TPSA) is 56.5 Å². The predicted molar refractivity (Wildman–Crippen MR) is 92.3 cm³/mol. The van der Waals surface area contributed by atoms with E-state index in [4.69, 9.17) is 4.74 Å². The average molecular weight is 363 g/mol. The van der Waals surface area contributed by atoms with Gasteiger partial charge in [-0.25, -0.2) is 13.6 Å². The van der Waals surface area contributed by atoms with E-state index in [1.807, 2.05) is 6.08 Å². The summed E-state index contributed by atoms with van der Waals surface area (Å²) in [6.45, 7) is 6.26. The van der Waals surface area contributed by atoms with Crippen molar-refractivity contribution in [2.24, 2.45) is 28.8 Å². The fourth-order valence-corrected chi connectivity index (χ4v) is 5.72. The first-order chi connectivity index (χ1) is 12.1. The Morgan fingerprint density at radius 1 is 1.38 bits per heavy atom. The van der Waals surface area contributed by atoms with Crippen molar-refractivity contribution in [3.05, 3.63) is 29.6 Å². The minimum atomic E-state index is -2.83. The molecule has 140 valence electrons. The molecular weight excluding hydrogens is 340 g/mol. The first kappa shape index (κ1) is 17.4. The van der Waals surface area contributed by atoms with Gasteiger partial charge >= 0.3 is 5.97 Å². The van der Waals surface area contributed by atoms with E-state index in [0.717, 1.165) is 6.42 Å². The van der Waals surface area contributed by atoms with E-state index in [1.54, 1.807) is 6.21 Å². The highest BCUT2D eigenvalue weighted by molar-refractivity contribution is 5.91. The number of ether oxygens (including phenoxy) is 1. The van der Waals surface area contributed by atoms with Gasteiger partial charge in [-0.15, -0.1) is 0 Å². The summed E-state index contributed by atoms with van der Waals surface area (Å²) >= 11 is 0. The number of halogens is 2. The lowest BCUT2D eigenvalue weighted by atomic mass is 9.65. The maximum absolute atomic E-state index is 13.3. The summed E-state index contributed by atoms with van der Waals surface area (Å²) in [6.07, 6.45) is 5.84. The van der Waals surface area contributed by atoms with Crippen molar-refractivity contribution in [2.45, 2.75) is 51.7 Å². The summed E-state index contributed by atoms with van der Waals surface area (Å²) in [7, 11) is 1.52. The number of carbonyl (C=O) groups excluding carboxylic acids is 1. The van der Waals surface area contributed by atoms with E-state index in [2.05, 4.69) is 36.9 Å². The maximum atomic E-state index is 13.3. The number of fused-ring (bicyclic) bond motifs is 5. The summed E-state index contributed by atoms with van der Waals surface area (Å²) in [5.74, 6) is -0.447. The highest BCUT2D eigenvalue weighted by Crippen LogP contribution is 2.71. The molecule has 2 aliphatic carbocycles. The van der Waals surface area contributed by atoms with Crippen molar-refractivity contribution < 1.29 is 18.3 Å². The van der Waals surface area contributed by atoms with Crippen LogP contribution in [0.5, 0.6) is 0 Å². The van der Waals surface area contributed by atoms with Gasteiger partial charge in [0.2, 0.25) is 0 Å². The third kappa shape index (κ3) is 1.91. The first-order valence-corrected chi connectivity index (χ1v) is 8.90. The number of alkyl halides is 2. The van der Waals surface area contributed by atoms with Crippen LogP contribution in [0, 0.1) is 16.7 Å². The van der Waals surface area contributed by atoms with Crippen molar-refractivity contribution in [2.75, 3.05) is 0 Å². The van der Waals surface area contributed by atoms with Gasteiger partial charge in [0.05, 0.1) is 6.04 Å². The number of hydrogen-bond acceptors (Lipinski definition) is 4. The van der Waals surface area contributed by atoms with Crippen molar-refractivity contribution in [3.8, 4) is 0 Å². The summed E-state index contributed by atoms with van der Waals surface area (Å²) < 4.78 is 33.9. The standard InChI is InChI=1S/C19H23F2N3O2/c1-17(2)12-6-8-19(17,18(3)7-5-9-22-14(12)18)26-16(25)11-10-24(4)23-13(11)15(20)21/h5,7,9-10,12,14-15H,6,8H2,1-4H3. The summed E-state index contributed by atoms with van der Waals surface area (Å²) in [5, 5.41) is 3.73. The van der Waals surface area contributed by atoms with Gasteiger partial charge < -0.3 is 4.74 Å². The highest BCUT2D eigenvalue weighted by Gasteiger charge is 2.76. The highest BCUT2D eigenvalue weighted by atomic mass is 19.3. The Hall–Kier alpha value is -2.05. The molecule has 4 rings (SSSR count). The van der Waals surface area contributed by atoms with Crippen LogP contribution >= 0.6 is 0 Å². The predicted octanol–water partition coefficient (Wildman–Crippen LogP) is 3.72. The third-order valence-corrected chi connectivity index (χ3v) is 6.97. The molecule has 4 atom stereocenters. The number of rotatable bonds is 3. The van der Waals surface area contributed by atoms with Gasteiger partial charge in [0.1, 0.15) is 16.9 Å². The van der Waals surface area contributed by atoms with Crippen LogP contribution in [0.4, 0.5) is 8.78 Å². The normalized spacial score (nSPS) is 36.6. The van der Waals surface area contributed by atoms with Gasteiger partial charge in [-0.3, -0.25) is 9.67 Å². The van der Waals surface area contributed by atoms with Gasteiger partial charge in [0, 0.05) is 30.3 Å². The molecule has 1 aromatic heterocycles. The largest absolute Gasteiger partial charge is 0.454 e. The lowest BCUT2D eigenvalue weighted by Crippen LogP contribution is -2.54. The summed E-state index contributed by atoms with van der Waals surface area (Å²) in [6, 6.07) is 0.0347. The van der Waals surface area contributed by atoms with Gasteiger partial charge in [0.25, 0.3) is 6.43 Å². The Bertz CT molecular complexity index is 829. The Morgan fingerprint density at radius 2 is 2.12 bits per heavy atom. The van der Waals surface area contributed by atoms with Crippen LogP contribution in [0.3, 0.4) is 0 Å². The maximum Gasteiger partial charge on any atom is 0.342 e. The lowest BCUT2D eigenvalue weighted by Gasteiger charge is -2.48. The molecule has 5 nitrogen and oxygen atoms in total. The Morgan fingerprint density at radius 3 is 2.81 bits per heavy atom. The quantitative estimate of drug-likeness (QED) is 0.769. The molecule has 0 radical (unpaired) electrons. The van der Waals surface area contributed by atoms with E-state index >= 15 is 0 Å².